The lowest BCUT2D eigenvalue weighted by Crippen LogP contribution is -1.98. The number of azide groups is 1. The van der Waals surface area contributed by atoms with Crippen molar-refractivity contribution >= 4 is 0 Å². The van der Waals surface area contributed by atoms with Gasteiger partial charge in [-0.1, -0.05) is 24.2 Å². The minimum atomic E-state index is 0.0529. The van der Waals surface area contributed by atoms with E-state index < -0.39 is 0 Å². The summed E-state index contributed by atoms with van der Waals surface area (Å²) in [7, 11) is 1.65. The standard InChI is InChI=1S/C11H15N3O/c1-9(13-14-12)3-4-10-5-7-11(15-2)8-6-10/h5-9H,3-4H2,1-2H3. The van der Waals surface area contributed by atoms with Crippen molar-refractivity contribution in [3.8, 4) is 5.75 Å². The van der Waals surface area contributed by atoms with Crippen LogP contribution in [0, 0.1) is 0 Å². The maximum Gasteiger partial charge on any atom is 0.118 e. The third-order valence-corrected chi connectivity index (χ3v) is 2.26. The van der Waals surface area contributed by atoms with Crippen LogP contribution < -0.4 is 4.74 Å². The number of ether oxygens (including phenoxy) is 1. The van der Waals surface area contributed by atoms with Crippen LogP contribution in [-0.2, 0) is 6.42 Å². The fourth-order valence-corrected chi connectivity index (χ4v) is 1.31. The zero-order valence-electron chi connectivity index (χ0n) is 9.05. The summed E-state index contributed by atoms with van der Waals surface area (Å²) in [6, 6.07) is 7.99. The lowest BCUT2D eigenvalue weighted by molar-refractivity contribution is 0.414. The molecule has 0 aliphatic carbocycles. The second kappa shape index (κ2) is 5.94. The van der Waals surface area contributed by atoms with E-state index in [9.17, 15) is 0 Å². The van der Waals surface area contributed by atoms with E-state index in [-0.39, 0.29) is 6.04 Å². The quantitative estimate of drug-likeness (QED) is 0.413. The highest BCUT2D eigenvalue weighted by Crippen LogP contribution is 2.13. The molecule has 1 rings (SSSR count). The molecule has 0 bridgehead atoms. The van der Waals surface area contributed by atoms with Gasteiger partial charge in [0.1, 0.15) is 5.75 Å². The highest BCUT2D eigenvalue weighted by atomic mass is 16.5. The summed E-state index contributed by atoms with van der Waals surface area (Å²) < 4.78 is 5.07. The van der Waals surface area contributed by atoms with Gasteiger partial charge in [-0.25, -0.2) is 0 Å². The van der Waals surface area contributed by atoms with Crippen molar-refractivity contribution in [1.29, 1.82) is 0 Å². The first kappa shape index (κ1) is 11.4. The summed E-state index contributed by atoms with van der Waals surface area (Å²) >= 11 is 0. The Hall–Kier alpha value is -1.67. The topological polar surface area (TPSA) is 58.0 Å². The normalized spacial score (nSPS) is 11.6. The molecule has 0 fully saturated rings. The van der Waals surface area contributed by atoms with Crippen molar-refractivity contribution in [1.82, 2.24) is 0 Å². The Morgan fingerprint density at radius 2 is 2.07 bits per heavy atom. The van der Waals surface area contributed by atoms with Crippen LogP contribution in [0.5, 0.6) is 5.75 Å². The summed E-state index contributed by atoms with van der Waals surface area (Å²) in [4.78, 5) is 2.78. The van der Waals surface area contributed by atoms with Crippen molar-refractivity contribution < 1.29 is 4.74 Å². The molecule has 4 heteroatoms. The summed E-state index contributed by atoms with van der Waals surface area (Å²) in [6.07, 6.45) is 1.79. The Balaban J connectivity index is 2.47. The van der Waals surface area contributed by atoms with E-state index in [1.54, 1.807) is 7.11 Å². The van der Waals surface area contributed by atoms with E-state index in [1.165, 1.54) is 5.56 Å². The van der Waals surface area contributed by atoms with Crippen LogP contribution in [0.15, 0.2) is 29.4 Å². The number of aryl methyl sites for hydroxylation is 1. The van der Waals surface area contributed by atoms with Gasteiger partial charge in [-0.05, 0) is 36.1 Å². The molecule has 0 aliphatic heterocycles. The van der Waals surface area contributed by atoms with Gasteiger partial charge in [-0.3, -0.25) is 0 Å². The maximum absolute atomic E-state index is 8.24. The molecule has 0 aromatic heterocycles. The Bertz CT molecular complexity index is 341. The summed E-state index contributed by atoms with van der Waals surface area (Å²) in [5.41, 5.74) is 9.48. The fourth-order valence-electron chi connectivity index (χ4n) is 1.31. The Morgan fingerprint density at radius 1 is 1.40 bits per heavy atom. The van der Waals surface area contributed by atoms with Gasteiger partial charge in [-0.2, -0.15) is 0 Å². The van der Waals surface area contributed by atoms with Crippen molar-refractivity contribution in [3.63, 3.8) is 0 Å². The molecular weight excluding hydrogens is 190 g/mol. The molecule has 0 spiro atoms. The van der Waals surface area contributed by atoms with E-state index in [2.05, 4.69) is 10.0 Å². The number of hydrogen-bond acceptors (Lipinski definition) is 2. The molecule has 1 atom stereocenters. The Kier molecular flexibility index (Phi) is 4.51. The second-order valence-corrected chi connectivity index (χ2v) is 3.44. The molecule has 0 aliphatic rings. The molecule has 0 saturated heterocycles. The first-order chi connectivity index (χ1) is 7.26. The highest BCUT2D eigenvalue weighted by molar-refractivity contribution is 5.27. The van der Waals surface area contributed by atoms with Gasteiger partial charge in [0.2, 0.25) is 0 Å². The summed E-state index contributed by atoms with van der Waals surface area (Å²) in [5.74, 6) is 0.863. The Morgan fingerprint density at radius 3 is 2.60 bits per heavy atom. The minimum absolute atomic E-state index is 0.0529. The monoisotopic (exact) mass is 205 g/mol. The van der Waals surface area contributed by atoms with Crippen molar-refractivity contribution in [3.05, 3.63) is 40.3 Å². The number of methoxy groups -OCH3 is 1. The zero-order valence-corrected chi connectivity index (χ0v) is 9.05. The minimum Gasteiger partial charge on any atom is -0.497 e. The molecule has 1 aromatic rings. The maximum atomic E-state index is 8.24. The van der Waals surface area contributed by atoms with Crippen molar-refractivity contribution in [2.45, 2.75) is 25.8 Å². The summed E-state index contributed by atoms with van der Waals surface area (Å²) in [5, 5.41) is 3.63. The molecule has 1 aromatic carbocycles. The number of benzene rings is 1. The van der Waals surface area contributed by atoms with Crippen molar-refractivity contribution in [2.75, 3.05) is 7.11 Å². The molecule has 0 N–H and O–H groups in total. The van der Waals surface area contributed by atoms with Gasteiger partial charge in [0.15, 0.2) is 0 Å². The smallest absolute Gasteiger partial charge is 0.118 e. The van der Waals surface area contributed by atoms with Gasteiger partial charge in [0.25, 0.3) is 0 Å². The lowest BCUT2D eigenvalue weighted by atomic mass is 10.1. The SMILES string of the molecule is COc1ccc(CCC(C)N=[N+]=[N-])cc1. The first-order valence-corrected chi connectivity index (χ1v) is 4.93. The molecule has 4 nitrogen and oxygen atoms in total. The molecule has 0 saturated carbocycles. The third kappa shape index (κ3) is 3.92. The van der Waals surface area contributed by atoms with E-state index in [1.807, 2.05) is 31.2 Å². The van der Waals surface area contributed by atoms with E-state index in [0.29, 0.717) is 0 Å². The molecule has 0 amide bonds. The van der Waals surface area contributed by atoms with Crippen LogP contribution in [0.25, 0.3) is 10.4 Å². The largest absolute Gasteiger partial charge is 0.497 e. The van der Waals surface area contributed by atoms with Crippen LogP contribution in [0.3, 0.4) is 0 Å². The predicted molar refractivity (Wildman–Crippen MR) is 59.9 cm³/mol. The van der Waals surface area contributed by atoms with E-state index >= 15 is 0 Å². The predicted octanol–water partition coefficient (Wildman–Crippen LogP) is 3.33. The molecule has 0 heterocycles. The molecular formula is C11H15N3O. The number of nitrogens with zero attached hydrogens (tertiary/aromatic N) is 3. The van der Waals surface area contributed by atoms with E-state index in [4.69, 9.17) is 10.3 Å². The summed E-state index contributed by atoms with van der Waals surface area (Å²) in [6.45, 7) is 1.92. The second-order valence-electron chi connectivity index (χ2n) is 3.44. The van der Waals surface area contributed by atoms with Crippen LogP contribution >= 0.6 is 0 Å². The van der Waals surface area contributed by atoms with Crippen LogP contribution in [-0.4, -0.2) is 13.2 Å². The molecule has 1 unspecified atom stereocenters. The van der Waals surface area contributed by atoms with Crippen molar-refractivity contribution in [2.24, 2.45) is 5.11 Å². The third-order valence-electron chi connectivity index (χ3n) is 2.26. The highest BCUT2D eigenvalue weighted by Gasteiger charge is 2.00. The van der Waals surface area contributed by atoms with Gasteiger partial charge >= 0.3 is 0 Å². The van der Waals surface area contributed by atoms with Crippen LogP contribution in [0.2, 0.25) is 0 Å². The first-order valence-electron chi connectivity index (χ1n) is 4.93. The number of hydrogen-bond donors (Lipinski definition) is 0. The average Bonchev–Trinajstić information content (AvgIpc) is 2.27. The lowest BCUT2D eigenvalue weighted by Gasteiger charge is -2.05. The molecule has 15 heavy (non-hydrogen) atoms. The van der Waals surface area contributed by atoms with Gasteiger partial charge in [0, 0.05) is 11.0 Å². The Labute approximate surface area is 89.5 Å². The van der Waals surface area contributed by atoms with Crippen LogP contribution in [0.1, 0.15) is 18.9 Å². The van der Waals surface area contributed by atoms with Gasteiger partial charge in [-0.15, -0.1) is 0 Å². The van der Waals surface area contributed by atoms with Crippen LogP contribution in [0.4, 0.5) is 0 Å². The zero-order chi connectivity index (χ0) is 11.1. The number of rotatable bonds is 5. The van der Waals surface area contributed by atoms with E-state index in [0.717, 1.165) is 18.6 Å². The molecule has 80 valence electrons. The molecule has 0 radical (unpaired) electrons. The van der Waals surface area contributed by atoms with Gasteiger partial charge < -0.3 is 4.74 Å². The average molecular weight is 205 g/mol. The van der Waals surface area contributed by atoms with Gasteiger partial charge in [0.05, 0.1) is 7.11 Å². The fraction of sp³-hybridized carbons (Fsp3) is 0.455.